The molecule has 0 atom stereocenters. The minimum Gasteiger partial charge on any atom is -0.378 e. The number of anilines is 1. The molecule has 106 valence electrons. The van der Waals surface area contributed by atoms with Gasteiger partial charge in [-0.15, -0.1) is 0 Å². The number of aromatic nitrogens is 4. The van der Waals surface area contributed by atoms with E-state index in [9.17, 15) is 0 Å². The Bertz CT molecular complexity index is 739. The third-order valence-electron chi connectivity index (χ3n) is 3.11. The second-order valence-electron chi connectivity index (χ2n) is 4.72. The van der Waals surface area contributed by atoms with E-state index < -0.39 is 0 Å². The zero-order chi connectivity index (χ0) is 14.7. The zero-order valence-corrected chi connectivity index (χ0v) is 12.2. The van der Waals surface area contributed by atoms with Crippen LogP contribution in [-0.4, -0.2) is 20.2 Å². The molecule has 0 bridgehead atoms. The average Bonchev–Trinajstić information content (AvgIpc) is 2.97. The normalized spacial score (nSPS) is 10.6. The maximum Gasteiger partial charge on any atom is 0.152 e. The summed E-state index contributed by atoms with van der Waals surface area (Å²) in [4.78, 5) is 8.26. The number of pyridine rings is 2. The van der Waals surface area contributed by atoms with Gasteiger partial charge in [0, 0.05) is 36.3 Å². The number of hydrogen-bond donors (Lipinski definition) is 2. The van der Waals surface area contributed by atoms with Crippen LogP contribution in [0.5, 0.6) is 0 Å². The van der Waals surface area contributed by atoms with E-state index in [1.54, 1.807) is 24.8 Å². The fraction of sp³-hybridized carbons (Fsp3) is 0.133. The molecule has 3 rings (SSSR count). The van der Waals surface area contributed by atoms with Crippen LogP contribution in [0, 0.1) is 6.92 Å². The highest BCUT2D eigenvalue weighted by molar-refractivity contribution is 6.31. The quantitative estimate of drug-likeness (QED) is 0.724. The second kappa shape index (κ2) is 5.93. The molecule has 0 aliphatic heterocycles. The molecule has 3 heterocycles. The van der Waals surface area contributed by atoms with Crippen molar-refractivity contribution in [1.29, 1.82) is 0 Å². The van der Waals surface area contributed by atoms with E-state index in [4.69, 9.17) is 11.6 Å². The molecule has 6 heteroatoms. The molecule has 0 saturated heterocycles. The molecular weight excluding hydrogens is 286 g/mol. The lowest BCUT2D eigenvalue weighted by Crippen LogP contribution is -2.01. The van der Waals surface area contributed by atoms with Crippen molar-refractivity contribution < 1.29 is 0 Å². The average molecular weight is 300 g/mol. The van der Waals surface area contributed by atoms with E-state index in [1.807, 2.05) is 25.1 Å². The van der Waals surface area contributed by atoms with Crippen molar-refractivity contribution in [2.45, 2.75) is 13.5 Å². The van der Waals surface area contributed by atoms with E-state index in [2.05, 4.69) is 25.5 Å². The molecule has 0 radical (unpaired) electrons. The lowest BCUT2D eigenvalue weighted by Gasteiger charge is -2.09. The maximum atomic E-state index is 6.09. The number of rotatable bonds is 4. The van der Waals surface area contributed by atoms with Gasteiger partial charge in [-0.1, -0.05) is 11.6 Å². The van der Waals surface area contributed by atoms with Crippen LogP contribution in [0.4, 0.5) is 5.69 Å². The molecule has 5 nitrogen and oxygen atoms in total. The van der Waals surface area contributed by atoms with Gasteiger partial charge >= 0.3 is 0 Å². The number of H-pyrrole nitrogens is 1. The van der Waals surface area contributed by atoms with Crippen molar-refractivity contribution in [3.05, 3.63) is 59.3 Å². The lowest BCUT2D eigenvalue weighted by atomic mass is 10.1. The van der Waals surface area contributed by atoms with Crippen molar-refractivity contribution in [3.63, 3.8) is 0 Å². The number of hydrogen-bond acceptors (Lipinski definition) is 4. The first-order chi connectivity index (χ1) is 10.2. The summed E-state index contributed by atoms with van der Waals surface area (Å²) in [5.74, 6) is 0. The molecular formula is C15H14ClN5. The summed E-state index contributed by atoms with van der Waals surface area (Å²) in [5.41, 5.74) is 4.87. The van der Waals surface area contributed by atoms with Crippen LogP contribution in [0.2, 0.25) is 5.15 Å². The minimum atomic E-state index is 0.465. The van der Waals surface area contributed by atoms with Crippen LogP contribution in [0.25, 0.3) is 11.3 Å². The number of aryl methyl sites for hydroxylation is 1. The van der Waals surface area contributed by atoms with Crippen molar-refractivity contribution in [1.82, 2.24) is 20.2 Å². The lowest BCUT2D eigenvalue weighted by molar-refractivity contribution is 1.09. The third kappa shape index (κ3) is 3.03. The van der Waals surface area contributed by atoms with Crippen LogP contribution in [-0.2, 0) is 6.54 Å². The summed E-state index contributed by atoms with van der Waals surface area (Å²) in [6.07, 6.45) is 7.09. The van der Waals surface area contributed by atoms with Crippen LogP contribution in [0.15, 0.2) is 43.0 Å². The van der Waals surface area contributed by atoms with Crippen molar-refractivity contribution in [2.75, 3.05) is 5.32 Å². The molecule has 3 aromatic heterocycles. The Morgan fingerprint density at radius 1 is 1.29 bits per heavy atom. The van der Waals surface area contributed by atoms with Gasteiger partial charge in [0.2, 0.25) is 0 Å². The molecule has 0 saturated carbocycles. The monoisotopic (exact) mass is 299 g/mol. The minimum absolute atomic E-state index is 0.465. The number of halogens is 1. The second-order valence-corrected chi connectivity index (χ2v) is 5.07. The first-order valence-corrected chi connectivity index (χ1v) is 6.90. The van der Waals surface area contributed by atoms with E-state index in [1.165, 1.54) is 0 Å². The van der Waals surface area contributed by atoms with Crippen LogP contribution < -0.4 is 5.32 Å². The van der Waals surface area contributed by atoms with Gasteiger partial charge in [-0.05, 0) is 30.7 Å². The molecule has 0 aliphatic carbocycles. The molecule has 3 aromatic rings. The van der Waals surface area contributed by atoms with E-state index >= 15 is 0 Å². The summed E-state index contributed by atoms with van der Waals surface area (Å²) >= 11 is 6.09. The Balaban J connectivity index is 1.81. The number of nitrogens with zero attached hydrogens (tertiary/aromatic N) is 3. The summed E-state index contributed by atoms with van der Waals surface area (Å²) in [7, 11) is 0. The third-order valence-corrected chi connectivity index (χ3v) is 3.41. The molecule has 0 unspecified atom stereocenters. The highest BCUT2D eigenvalue weighted by Gasteiger charge is 2.09. The van der Waals surface area contributed by atoms with E-state index in [0.717, 1.165) is 28.1 Å². The Kier molecular flexibility index (Phi) is 3.83. The van der Waals surface area contributed by atoms with Gasteiger partial charge in [0.1, 0.15) is 0 Å². The van der Waals surface area contributed by atoms with Gasteiger partial charge in [-0.3, -0.25) is 10.1 Å². The predicted molar refractivity (Wildman–Crippen MR) is 83.1 cm³/mol. The first kappa shape index (κ1) is 13.6. The van der Waals surface area contributed by atoms with E-state index in [0.29, 0.717) is 11.7 Å². The zero-order valence-electron chi connectivity index (χ0n) is 11.5. The van der Waals surface area contributed by atoms with Gasteiger partial charge in [-0.2, -0.15) is 5.10 Å². The molecule has 2 N–H and O–H groups in total. The Labute approximate surface area is 127 Å². The molecule has 21 heavy (non-hydrogen) atoms. The Morgan fingerprint density at radius 3 is 3.00 bits per heavy atom. The summed E-state index contributed by atoms with van der Waals surface area (Å²) in [5, 5.41) is 10.9. The van der Waals surface area contributed by atoms with Gasteiger partial charge in [0.15, 0.2) is 5.15 Å². The van der Waals surface area contributed by atoms with Gasteiger partial charge < -0.3 is 5.32 Å². The maximum absolute atomic E-state index is 6.09. The van der Waals surface area contributed by atoms with Crippen LogP contribution in [0.1, 0.15) is 11.1 Å². The van der Waals surface area contributed by atoms with Crippen molar-refractivity contribution in [3.8, 4) is 11.3 Å². The predicted octanol–water partition coefficient (Wildman–Crippen LogP) is 3.44. The topological polar surface area (TPSA) is 66.5 Å². The summed E-state index contributed by atoms with van der Waals surface area (Å²) in [6, 6.07) is 5.86. The van der Waals surface area contributed by atoms with Crippen LogP contribution in [0.3, 0.4) is 0 Å². The fourth-order valence-corrected chi connectivity index (χ4v) is 2.24. The van der Waals surface area contributed by atoms with Crippen molar-refractivity contribution in [2.24, 2.45) is 0 Å². The first-order valence-electron chi connectivity index (χ1n) is 6.52. The Hall–Kier alpha value is -2.40. The fourth-order valence-electron chi connectivity index (χ4n) is 2.07. The van der Waals surface area contributed by atoms with Gasteiger partial charge in [-0.25, -0.2) is 4.98 Å². The molecule has 0 fully saturated rings. The van der Waals surface area contributed by atoms with Crippen LogP contribution >= 0.6 is 11.6 Å². The molecule has 0 amide bonds. The summed E-state index contributed by atoms with van der Waals surface area (Å²) in [6.45, 7) is 2.58. The smallest absolute Gasteiger partial charge is 0.152 e. The van der Waals surface area contributed by atoms with E-state index in [-0.39, 0.29) is 0 Å². The van der Waals surface area contributed by atoms with Gasteiger partial charge in [0.05, 0.1) is 17.6 Å². The highest BCUT2D eigenvalue weighted by atomic mass is 35.5. The highest BCUT2D eigenvalue weighted by Crippen LogP contribution is 2.23. The molecule has 0 spiro atoms. The number of aromatic amines is 1. The van der Waals surface area contributed by atoms with Crippen molar-refractivity contribution >= 4 is 17.3 Å². The van der Waals surface area contributed by atoms with Gasteiger partial charge in [0.25, 0.3) is 0 Å². The molecule has 0 aliphatic rings. The Morgan fingerprint density at radius 2 is 2.19 bits per heavy atom. The SMILES string of the molecule is Cc1cnc(Cl)c(NCc2cn[nH]c2-c2cccnc2)c1. The standard InChI is InChI=1S/C15H14ClN5/c1-10-5-13(15(16)19-6-10)18-8-12-9-20-21-14(12)11-3-2-4-17-7-11/h2-7,9,18H,8H2,1H3,(H,20,21). The molecule has 0 aromatic carbocycles. The summed E-state index contributed by atoms with van der Waals surface area (Å²) < 4.78 is 0. The largest absolute Gasteiger partial charge is 0.378 e. The number of nitrogens with one attached hydrogen (secondary N) is 2.